The van der Waals surface area contributed by atoms with E-state index in [4.69, 9.17) is 15.2 Å². The molecule has 1 saturated heterocycles. The van der Waals surface area contributed by atoms with E-state index in [1.54, 1.807) is 12.1 Å². The van der Waals surface area contributed by atoms with Crippen LogP contribution in [0.4, 0.5) is 16.2 Å². The molecule has 2 aromatic rings. The summed E-state index contributed by atoms with van der Waals surface area (Å²) in [7, 11) is 2.80. The van der Waals surface area contributed by atoms with Crippen LogP contribution in [0.5, 0.6) is 11.5 Å². The molecular weight excluding hydrogens is 401 g/mol. The van der Waals surface area contributed by atoms with Crippen molar-refractivity contribution in [3.63, 3.8) is 0 Å². The largest absolute Gasteiger partial charge is 0.493 e. The first-order chi connectivity index (χ1) is 14.9. The van der Waals surface area contributed by atoms with Crippen LogP contribution in [0.2, 0.25) is 0 Å². The zero-order valence-corrected chi connectivity index (χ0v) is 18.1. The van der Waals surface area contributed by atoms with E-state index in [-0.39, 0.29) is 34.8 Å². The molecule has 0 bridgehead atoms. The number of ether oxygens (including phenoxy) is 2. The van der Waals surface area contributed by atoms with Gasteiger partial charge in [-0.2, -0.15) is 4.98 Å². The molecule has 166 valence electrons. The summed E-state index contributed by atoms with van der Waals surface area (Å²) in [5.74, 6) is 0.624. The first-order valence-corrected chi connectivity index (χ1v) is 10.5. The molecule has 1 aromatic heterocycles. The van der Waals surface area contributed by atoms with Crippen LogP contribution in [-0.2, 0) is 4.79 Å². The van der Waals surface area contributed by atoms with Crippen LogP contribution >= 0.6 is 0 Å². The Hall–Kier alpha value is -3.10. The smallest absolute Gasteiger partial charge is 0.246 e. The number of hydrogen-bond acceptors (Lipinski definition) is 7. The summed E-state index contributed by atoms with van der Waals surface area (Å²) >= 11 is 0. The minimum atomic E-state index is -0.644. The normalized spacial score (nSPS) is 19.7. The Morgan fingerprint density at radius 1 is 1.26 bits per heavy atom. The number of anilines is 2. The second-order valence-electron chi connectivity index (χ2n) is 8.11. The monoisotopic (exact) mass is 429 g/mol. The molecule has 1 atom stereocenters. The van der Waals surface area contributed by atoms with E-state index < -0.39 is 5.82 Å². The van der Waals surface area contributed by atoms with Crippen LogP contribution in [0, 0.1) is 11.7 Å². The van der Waals surface area contributed by atoms with Gasteiger partial charge in [-0.25, -0.2) is 9.37 Å². The maximum absolute atomic E-state index is 15.1. The van der Waals surface area contributed by atoms with Crippen molar-refractivity contribution in [3.8, 4) is 11.5 Å². The van der Waals surface area contributed by atoms with Crippen LogP contribution in [-0.4, -0.2) is 60.7 Å². The van der Waals surface area contributed by atoms with Gasteiger partial charge in [0.15, 0.2) is 17.3 Å². The molecule has 4 rings (SSSR count). The molecule has 2 heterocycles. The van der Waals surface area contributed by atoms with E-state index >= 15 is 4.39 Å². The van der Waals surface area contributed by atoms with Crippen molar-refractivity contribution in [2.24, 2.45) is 5.92 Å². The van der Waals surface area contributed by atoms with Gasteiger partial charge in [0.2, 0.25) is 11.9 Å². The molecule has 1 amide bonds. The highest BCUT2D eigenvalue weighted by atomic mass is 19.1. The van der Waals surface area contributed by atoms with Crippen molar-refractivity contribution in [1.82, 2.24) is 14.9 Å². The van der Waals surface area contributed by atoms with Gasteiger partial charge in [0, 0.05) is 31.1 Å². The van der Waals surface area contributed by atoms with Gasteiger partial charge in [0.25, 0.3) is 0 Å². The van der Waals surface area contributed by atoms with Crippen LogP contribution in [0.15, 0.2) is 18.2 Å². The Morgan fingerprint density at radius 2 is 2.03 bits per heavy atom. The van der Waals surface area contributed by atoms with E-state index in [0.29, 0.717) is 36.9 Å². The quantitative estimate of drug-likeness (QED) is 0.731. The average molecular weight is 429 g/mol. The molecular formula is C22H28FN5O3. The number of fused-ring (bicyclic) bond motifs is 1. The molecule has 1 saturated carbocycles. The Bertz CT molecular complexity index is 1020. The standard InChI is InChI=1S/C22H28FN5O3/c1-13-12-27(17(29)8-7-14-5-4-6-14)9-10-28(13)22-25-19-15(21(24)26-22)11-16(30-2)20(31-3)18(19)23/h7-8,11,13-14H,4-6,9-10,12H2,1-3H3,(H2,24,25,26)/b8-7+/t13-/m0/s1. The molecule has 2 N–H and O–H groups in total. The fraction of sp³-hybridized carbons (Fsp3) is 0.500. The lowest BCUT2D eigenvalue weighted by Crippen LogP contribution is -2.54. The average Bonchev–Trinajstić information content (AvgIpc) is 2.72. The van der Waals surface area contributed by atoms with Gasteiger partial charge in [-0.1, -0.05) is 12.5 Å². The number of carbonyl (C=O) groups excluding carboxylic acids is 1. The van der Waals surface area contributed by atoms with E-state index in [2.05, 4.69) is 9.97 Å². The zero-order valence-electron chi connectivity index (χ0n) is 18.1. The van der Waals surface area contributed by atoms with Crippen LogP contribution in [0.1, 0.15) is 26.2 Å². The topological polar surface area (TPSA) is 93.8 Å². The van der Waals surface area contributed by atoms with Gasteiger partial charge in [-0.3, -0.25) is 4.79 Å². The van der Waals surface area contributed by atoms with Crippen molar-refractivity contribution in [2.45, 2.75) is 32.2 Å². The highest BCUT2D eigenvalue weighted by molar-refractivity contribution is 5.92. The molecule has 1 aromatic carbocycles. The van der Waals surface area contributed by atoms with Crippen molar-refractivity contribution < 1.29 is 18.7 Å². The molecule has 1 aliphatic heterocycles. The minimum Gasteiger partial charge on any atom is -0.493 e. The third-order valence-corrected chi connectivity index (χ3v) is 6.15. The second kappa shape index (κ2) is 8.56. The highest BCUT2D eigenvalue weighted by Crippen LogP contribution is 2.37. The molecule has 9 heteroatoms. The van der Waals surface area contributed by atoms with Crippen molar-refractivity contribution in [2.75, 3.05) is 44.5 Å². The number of nitrogens with zero attached hydrogens (tertiary/aromatic N) is 4. The lowest BCUT2D eigenvalue weighted by Gasteiger charge is -2.39. The summed E-state index contributed by atoms with van der Waals surface area (Å²) < 4.78 is 25.4. The number of piperazine rings is 1. The first-order valence-electron chi connectivity index (χ1n) is 10.5. The van der Waals surface area contributed by atoms with Crippen LogP contribution < -0.4 is 20.1 Å². The highest BCUT2D eigenvalue weighted by Gasteiger charge is 2.29. The summed E-state index contributed by atoms with van der Waals surface area (Å²) in [6, 6.07) is 1.53. The number of benzene rings is 1. The summed E-state index contributed by atoms with van der Waals surface area (Å²) in [6.07, 6.45) is 7.31. The SMILES string of the molecule is COc1cc2c(N)nc(N3CCN(C(=O)/C=C/C4CCC4)C[C@@H]3C)nc2c(F)c1OC. The number of halogens is 1. The molecule has 8 nitrogen and oxygen atoms in total. The van der Waals surface area contributed by atoms with E-state index in [0.717, 1.165) is 0 Å². The third-order valence-electron chi connectivity index (χ3n) is 6.15. The summed E-state index contributed by atoms with van der Waals surface area (Å²) in [6.45, 7) is 3.59. The number of aromatic nitrogens is 2. The number of nitrogen functional groups attached to an aromatic ring is 1. The summed E-state index contributed by atoms with van der Waals surface area (Å²) in [5.41, 5.74) is 6.22. The van der Waals surface area contributed by atoms with Crippen LogP contribution in [0.3, 0.4) is 0 Å². The molecule has 0 unspecified atom stereocenters. The van der Waals surface area contributed by atoms with Crippen molar-refractivity contribution in [1.29, 1.82) is 0 Å². The lowest BCUT2D eigenvalue weighted by molar-refractivity contribution is -0.126. The number of nitrogens with two attached hydrogens (primary N) is 1. The predicted molar refractivity (Wildman–Crippen MR) is 117 cm³/mol. The lowest BCUT2D eigenvalue weighted by atomic mass is 9.85. The van der Waals surface area contributed by atoms with E-state index in [1.807, 2.05) is 22.8 Å². The van der Waals surface area contributed by atoms with Gasteiger partial charge in [0.05, 0.1) is 14.2 Å². The maximum Gasteiger partial charge on any atom is 0.246 e. The zero-order chi connectivity index (χ0) is 22.1. The number of hydrogen-bond donors (Lipinski definition) is 1. The van der Waals surface area contributed by atoms with Gasteiger partial charge >= 0.3 is 0 Å². The van der Waals surface area contributed by atoms with Gasteiger partial charge in [-0.05, 0) is 37.8 Å². The maximum atomic E-state index is 15.1. The van der Waals surface area contributed by atoms with E-state index in [1.165, 1.54) is 33.5 Å². The summed E-state index contributed by atoms with van der Waals surface area (Å²) in [4.78, 5) is 25.2. The molecule has 0 radical (unpaired) electrons. The summed E-state index contributed by atoms with van der Waals surface area (Å²) in [5, 5.41) is 0.362. The number of allylic oxidation sites excluding steroid dienone is 1. The predicted octanol–water partition coefficient (Wildman–Crippen LogP) is 2.76. The Balaban J connectivity index is 1.57. The van der Waals surface area contributed by atoms with Crippen LogP contribution in [0.25, 0.3) is 10.9 Å². The van der Waals surface area contributed by atoms with Gasteiger partial charge in [0.1, 0.15) is 11.3 Å². The molecule has 1 aliphatic carbocycles. The molecule has 0 spiro atoms. The second-order valence-corrected chi connectivity index (χ2v) is 8.11. The Labute approximate surface area is 180 Å². The molecule has 2 aliphatic rings. The first kappa shape index (κ1) is 21.1. The number of amides is 1. The fourth-order valence-electron chi connectivity index (χ4n) is 4.08. The van der Waals surface area contributed by atoms with Crippen molar-refractivity contribution in [3.05, 3.63) is 24.0 Å². The number of carbonyl (C=O) groups is 1. The third kappa shape index (κ3) is 3.96. The van der Waals surface area contributed by atoms with E-state index in [9.17, 15) is 4.79 Å². The number of methoxy groups -OCH3 is 2. The Kier molecular flexibility index (Phi) is 5.84. The molecule has 2 fully saturated rings. The Morgan fingerprint density at radius 3 is 2.65 bits per heavy atom. The number of rotatable bonds is 5. The van der Waals surface area contributed by atoms with Crippen molar-refractivity contribution >= 4 is 28.6 Å². The van der Waals surface area contributed by atoms with Gasteiger partial charge in [-0.15, -0.1) is 0 Å². The minimum absolute atomic E-state index is 0.0271. The van der Waals surface area contributed by atoms with Gasteiger partial charge < -0.3 is 25.0 Å². The molecule has 31 heavy (non-hydrogen) atoms. The fourth-order valence-corrected chi connectivity index (χ4v) is 4.08.